The van der Waals surface area contributed by atoms with E-state index in [1.165, 1.54) is 0 Å². The van der Waals surface area contributed by atoms with E-state index in [2.05, 4.69) is 0 Å². The molecule has 0 fully saturated rings. The number of carbonyl (C=O) groups excluding carboxylic acids is 1. The fraction of sp³-hybridized carbons (Fsp3) is 0. The SMILES string of the molecule is Nc1cc(F)cc(C(=O)Nc2cc(F)cc(F)c2F)c1. The maximum atomic E-state index is 13.4. The van der Waals surface area contributed by atoms with Crippen molar-refractivity contribution in [3.63, 3.8) is 0 Å². The molecule has 7 heteroatoms. The zero-order chi connectivity index (χ0) is 14.9. The predicted molar refractivity (Wildman–Crippen MR) is 65.1 cm³/mol. The summed E-state index contributed by atoms with van der Waals surface area (Å²) in [5.41, 5.74) is 4.45. The molecule has 0 spiro atoms. The molecule has 2 aromatic carbocycles. The molecule has 104 valence electrons. The first-order valence-electron chi connectivity index (χ1n) is 5.39. The summed E-state index contributed by atoms with van der Waals surface area (Å²) in [6, 6.07) is 3.94. The van der Waals surface area contributed by atoms with E-state index in [1.807, 2.05) is 5.32 Å². The van der Waals surface area contributed by atoms with Crippen LogP contribution in [0.2, 0.25) is 0 Å². The number of hydrogen-bond acceptors (Lipinski definition) is 2. The number of halogens is 4. The zero-order valence-electron chi connectivity index (χ0n) is 9.88. The van der Waals surface area contributed by atoms with Gasteiger partial charge in [-0.1, -0.05) is 0 Å². The van der Waals surface area contributed by atoms with Gasteiger partial charge >= 0.3 is 0 Å². The van der Waals surface area contributed by atoms with Gasteiger partial charge in [-0.3, -0.25) is 4.79 Å². The molecule has 0 bridgehead atoms. The van der Waals surface area contributed by atoms with Gasteiger partial charge in [0.25, 0.3) is 5.91 Å². The van der Waals surface area contributed by atoms with E-state index in [-0.39, 0.29) is 11.3 Å². The maximum Gasteiger partial charge on any atom is 0.255 e. The smallest absolute Gasteiger partial charge is 0.255 e. The van der Waals surface area contributed by atoms with Crippen LogP contribution in [0, 0.1) is 23.3 Å². The van der Waals surface area contributed by atoms with Gasteiger partial charge in [-0.05, 0) is 18.2 Å². The number of rotatable bonds is 2. The van der Waals surface area contributed by atoms with Crippen LogP contribution in [-0.4, -0.2) is 5.91 Å². The first-order chi connectivity index (χ1) is 9.36. The van der Waals surface area contributed by atoms with E-state index in [1.54, 1.807) is 0 Å². The first kappa shape index (κ1) is 13.9. The molecule has 0 aromatic heterocycles. The minimum absolute atomic E-state index is 0.0129. The van der Waals surface area contributed by atoms with Crippen molar-refractivity contribution >= 4 is 17.3 Å². The highest BCUT2D eigenvalue weighted by molar-refractivity contribution is 6.04. The van der Waals surface area contributed by atoms with Gasteiger partial charge in [-0.25, -0.2) is 17.6 Å². The molecule has 0 aliphatic rings. The Morgan fingerprint density at radius 3 is 2.25 bits per heavy atom. The fourth-order valence-corrected chi connectivity index (χ4v) is 1.58. The van der Waals surface area contributed by atoms with Crippen molar-refractivity contribution in [3.8, 4) is 0 Å². The number of amides is 1. The maximum absolute atomic E-state index is 13.4. The average molecular weight is 284 g/mol. The second-order valence-electron chi connectivity index (χ2n) is 3.98. The van der Waals surface area contributed by atoms with Crippen molar-refractivity contribution < 1.29 is 22.4 Å². The number of nitrogen functional groups attached to an aromatic ring is 1. The molecule has 0 saturated heterocycles. The molecule has 0 aliphatic heterocycles. The van der Waals surface area contributed by atoms with Gasteiger partial charge in [-0.15, -0.1) is 0 Å². The van der Waals surface area contributed by atoms with Crippen molar-refractivity contribution in [2.24, 2.45) is 0 Å². The number of benzene rings is 2. The number of carbonyl (C=O) groups is 1. The number of hydrogen-bond donors (Lipinski definition) is 2. The summed E-state index contributed by atoms with van der Waals surface area (Å²) in [6.07, 6.45) is 0. The molecule has 0 unspecified atom stereocenters. The van der Waals surface area contributed by atoms with E-state index in [4.69, 9.17) is 5.73 Å². The third-order valence-electron chi connectivity index (χ3n) is 2.42. The Kier molecular flexibility index (Phi) is 3.60. The lowest BCUT2D eigenvalue weighted by Gasteiger charge is -2.08. The molecule has 3 nitrogen and oxygen atoms in total. The minimum Gasteiger partial charge on any atom is -0.399 e. The second kappa shape index (κ2) is 5.20. The van der Waals surface area contributed by atoms with Crippen LogP contribution in [0.1, 0.15) is 10.4 Å². The number of nitrogens with one attached hydrogen (secondary N) is 1. The third-order valence-corrected chi connectivity index (χ3v) is 2.42. The summed E-state index contributed by atoms with van der Waals surface area (Å²) in [5, 5.41) is 1.95. The van der Waals surface area contributed by atoms with E-state index in [0.717, 1.165) is 18.2 Å². The summed E-state index contributed by atoms with van der Waals surface area (Å²) < 4.78 is 52.4. The summed E-state index contributed by atoms with van der Waals surface area (Å²) in [5.74, 6) is -5.62. The summed E-state index contributed by atoms with van der Waals surface area (Å²) >= 11 is 0. The Morgan fingerprint density at radius 2 is 1.60 bits per heavy atom. The van der Waals surface area contributed by atoms with Crippen molar-refractivity contribution in [1.82, 2.24) is 0 Å². The van der Waals surface area contributed by atoms with Gasteiger partial charge in [0.2, 0.25) is 0 Å². The summed E-state index contributed by atoms with van der Waals surface area (Å²) in [7, 11) is 0. The van der Waals surface area contributed by atoms with Crippen molar-refractivity contribution in [2.75, 3.05) is 11.1 Å². The van der Waals surface area contributed by atoms with E-state index < -0.39 is 34.9 Å². The lowest BCUT2D eigenvalue weighted by molar-refractivity contribution is 0.102. The molecule has 0 saturated carbocycles. The Bertz CT molecular complexity index is 668. The first-order valence-corrected chi connectivity index (χ1v) is 5.39. The molecule has 3 N–H and O–H groups in total. The average Bonchev–Trinajstić information content (AvgIpc) is 2.34. The van der Waals surface area contributed by atoms with Crippen LogP contribution in [-0.2, 0) is 0 Å². The zero-order valence-corrected chi connectivity index (χ0v) is 9.88. The molecule has 0 radical (unpaired) electrons. The van der Waals surface area contributed by atoms with E-state index >= 15 is 0 Å². The lowest BCUT2D eigenvalue weighted by atomic mass is 10.1. The molecular weight excluding hydrogens is 276 g/mol. The van der Waals surface area contributed by atoms with Crippen LogP contribution in [0.15, 0.2) is 30.3 Å². The van der Waals surface area contributed by atoms with Gasteiger partial charge in [0.05, 0.1) is 5.69 Å². The Balaban J connectivity index is 2.32. The Hall–Kier alpha value is -2.57. The Labute approximate surface area is 111 Å². The molecule has 0 heterocycles. The molecule has 1 amide bonds. The normalized spacial score (nSPS) is 10.4. The van der Waals surface area contributed by atoms with Gasteiger partial charge < -0.3 is 11.1 Å². The van der Waals surface area contributed by atoms with Crippen molar-refractivity contribution in [3.05, 3.63) is 59.2 Å². The highest BCUT2D eigenvalue weighted by atomic mass is 19.2. The van der Waals surface area contributed by atoms with Gasteiger partial charge in [0.15, 0.2) is 11.6 Å². The van der Waals surface area contributed by atoms with Crippen LogP contribution in [0.5, 0.6) is 0 Å². The van der Waals surface area contributed by atoms with Gasteiger partial charge in [-0.2, -0.15) is 0 Å². The Morgan fingerprint density at radius 1 is 0.950 bits per heavy atom. The number of nitrogens with two attached hydrogens (primary N) is 1. The van der Waals surface area contributed by atoms with Crippen LogP contribution in [0.3, 0.4) is 0 Å². The molecule has 0 atom stereocenters. The van der Waals surface area contributed by atoms with Crippen molar-refractivity contribution in [1.29, 1.82) is 0 Å². The molecular formula is C13H8F4N2O. The van der Waals surface area contributed by atoms with E-state index in [0.29, 0.717) is 12.1 Å². The second-order valence-corrected chi connectivity index (χ2v) is 3.98. The summed E-state index contributed by atoms with van der Waals surface area (Å²) in [6.45, 7) is 0. The standard InChI is InChI=1S/C13H8F4N2O/c14-7-1-6(2-9(18)3-7)13(20)19-11-5-8(15)4-10(16)12(11)17/h1-5H,18H2,(H,19,20). The fourth-order valence-electron chi connectivity index (χ4n) is 1.58. The lowest BCUT2D eigenvalue weighted by Crippen LogP contribution is -2.14. The van der Waals surface area contributed by atoms with Crippen LogP contribution < -0.4 is 11.1 Å². The van der Waals surface area contributed by atoms with Crippen LogP contribution >= 0.6 is 0 Å². The van der Waals surface area contributed by atoms with Crippen molar-refractivity contribution in [2.45, 2.75) is 0 Å². The minimum atomic E-state index is -1.45. The van der Waals surface area contributed by atoms with E-state index in [9.17, 15) is 22.4 Å². The molecule has 2 rings (SSSR count). The molecule has 20 heavy (non-hydrogen) atoms. The number of anilines is 2. The van der Waals surface area contributed by atoms with Gasteiger partial charge in [0, 0.05) is 23.4 Å². The van der Waals surface area contributed by atoms with Crippen LogP contribution in [0.25, 0.3) is 0 Å². The largest absolute Gasteiger partial charge is 0.399 e. The van der Waals surface area contributed by atoms with Gasteiger partial charge in [0.1, 0.15) is 11.6 Å². The third kappa shape index (κ3) is 2.87. The molecule has 2 aromatic rings. The highest BCUT2D eigenvalue weighted by Crippen LogP contribution is 2.20. The van der Waals surface area contributed by atoms with Crippen LogP contribution in [0.4, 0.5) is 28.9 Å². The monoisotopic (exact) mass is 284 g/mol. The summed E-state index contributed by atoms with van der Waals surface area (Å²) in [4.78, 5) is 11.7. The molecule has 0 aliphatic carbocycles. The quantitative estimate of drug-likeness (QED) is 0.506. The highest BCUT2D eigenvalue weighted by Gasteiger charge is 2.15. The topological polar surface area (TPSA) is 55.1 Å². The predicted octanol–water partition coefficient (Wildman–Crippen LogP) is 3.08.